The number of fused-ring (bicyclic) bond motifs is 1. The second-order valence-electron chi connectivity index (χ2n) is 8.21. The first-order valence-corrected chi connectivity index (χ1v) is 12.1. The molecule has 34 heavy (non-hydrogen) atoms. The standard InChI is InChI=1S/C27H27FN2O3S/c1-3-14-29(27(32)22-7-5-4-6-19(22)2)17-26(31)30-15-12-25-23(13-16-34-25)24(30)18-33-21-10-8-20(28)9-11-21/h3-11,13,16,24H,1,12,14-15,17-18H2,2H3. The summed E-state index contributed by atoms with van der Waals surface area (Å²) in [5.74, 6) is -0.131. The summed E-state index contributed by atoms with van der Waals surface area (Å²) in [6, 6.07) is 14.9. The summed E-state index contributed by atoms with van der Waals surface area (Å²) in [6.07, 6.45) is 2.39. The Morgan fingerprint density at radius 3 is 2.71 bits per heavy atom. The van der Waals surface area contributed by atoms with Crippen molar-refractivity contribution in [3.8, 4) is 5.75 Å². The van der Waals surface area contributed by atoms with Gasteiger partial charge in [0, 0.05) is 23.5 Å². The molecule has 4 rings (SSSR count). The van der Waals surface area contributed by atoms with Gasteiger partial charge in [-0.2, -0.15) is 0 Å². The topological polar surface area (TPSA) is 49.9 Å². The van der Waals surface area contributed by atoms with E-state index in [0.29, 0.717) is 17.9 Å². The number of thiophene rings is 1. The summed E-state index contributed by atoms with van der Waals surface area (Å²) in [5.41, 5.74) is 2.50. The van der Waals surface area contributed by atoms with Crippen LogP contribution in [-0.2, 0) is 11.2 Å². The zero-order valence-electron chi connectivity index (χ0n) is 19.1. The minimum atomic E-state index is -0.331. The number of hydrogen-bond acceptors (Lipinski definition) is 4. The number of hydrogen-bond donors (Lipinski definition) is 0. The smallest absolute Gasteiger partial charge is 0.254 e. The minimum Gasteiger partial charge on any atom is -0.491 e. The number of rotatable bonds is 8. The highest BCUT2D eigenvalue weighted by atomic mass is 32.1. The lowest BCUT2D eigenvalue weighted by molar-refractivity contribution is -0.135. The molecular formula is C27H27FN2O3S. The Labute approximate surface area is 203 Å². The van der Waals surface area contributed by atoms with Gasteiger partial charge < -0.3 is 14.5 Å². The van der Waals surface area contributed by atoms with E-state index in [2.05, 4.69) is 6.58 Å². The van der Waals surface area contributed by atoms with Gasteiger partial charge in [-0.25, -0.2) is 4.39 Å². The van der Waals surface area contributed by atoms with Gasteiger partial charge in [0.2, 0.25) is 5.91 Å². The molecule has 0 fully saturated rings. The fraction of sp³-hybridized carbons (Fsp3) is 0.259. The first-order valence-electron chi connectivity index (χ1n) is 11.2. The highest BCUT2D eigenvalue weighted by molar-refractivity contribution is 7.10. The van der Waals surface area contributed by atoms with Crippen molar-refractivity contribution in [2.45, 2.75) is 19.4 Å². The van der Waals surface area contributed by atoms with Crippen molar-refractivity contribution in [3.05, 3.63) is 100 Å². The summed E-state index contributed by atoms with van der Waals surface area (Å²) in [4.78, 5) is 31.3. The van der Waals surface area contributed by atoms with Crippen LogP contribution < -0.4 is 4.74 Å². The molecule has 1 unspecified atom stereocenters. The van der Waals surface area contributed by atoms with Crippen LogP contribution in [0.1, 0.15) is 32.4 Å². The van der Waals surface area contributed by atoms with Crippen molar-refractivity contribution in [3.63, 3.8) is 0 Å². The van der Waals surface area contributed by atoms with Crippen LogP contribution in [0, 0.1) is 12.7 Å². The summed E-state index contributed by atoms with van der Waals surface area (Å²) >= 11 is 1.67. The van der Waals surface area contributed by atoms with Crippen LogP contribution in [0.4, 0.5) is 4.39 Å². The predicted molar refractivity (Wildman–Crippen MR) is 132 cm³/mol. The third-order valence-corrected chi connectivity index (χ3v) is 6.97. The molecule has 1 aliphatic heterocycles. The highest BCUT2D eigenvalue weighted by Gasteiger charge is 2.33. The maximum Gasteiger partial charge on any atom is 0.254 e. The number of aryl methyl sites for hydroxylation is 1. The Hall–Kier alpha value is -3.45. The van der Waals surface area contributed by atoms with E-state index in [1.807, 2.05) is 36.6 Å². The fourth-order valence-corrected chi connectivity index (χ4v) is 5.12. The van der Waals surface area contributed by atoms with Crippen molar-refractivity contribution in [2.75, 3.05) is 26.2 Å². The number of nitrogens with zero attached hydrogens (tertiary/aromatic N) is 2. The SMILES string of the molecule is C=CCN(CC(=O)N1CCc2sccc2C1COc1ccc(F)cc1)C(=O)c1ccccc1C. The van der Waals surface area contributed by atoms with Crippen LogP contribution in [0.3, 0.4) is 0 Å². The third kappa shape index (κ3) is 5.20. The van der Waals surface area contributed by atoms with E-state index >= 15 is 0 Å². The summed E-state index contributed by atoms with van der Waals surface area (Å²) in [5, 5.41) is 2.02. The van der Waals surface area contributed by atoms with E-state index in [-0.39, 0.29) is 43.4 Å². The zero-order valence-corrected chi connectivity index (χ0v) is 19.9. The fourth-order valence-electron chi connectivity index (χ4n) is 4.19. The first kappa shape index (κ1) is 23.7. The molecule has 1 atom stereocenters. The molecule has 0 saturated carbocycles. The van der Waals surface area contributed by atoms with E-state index in [1.165, 1.54) is 21.9 Å². The Morgan fingerprint density at radius 1 is 1.21 bits per heavy atom. The lowest BCUT2D eigenvalue weighted by Gasteiger charge is -2.37. The van der Waals surface area contributed by atoms with Crippen molar-refractivity contribution in [1.29, 1.82) is 0 Å². The molecule has 0 spiro atoms. The minimum absolute atomic E-state index is 0.0499. The van der Waals surface area contributed by atoms with E-state index < -0.39 is 0 Å². The predicted octanol–water partition coefficient (Wildman–Crippen LogP) is 5.03. The Morgan fingerprint density at radius 2 is 1.97 bits per heavy atom. The number of carbonyl (C=O) groups is 2. The second-order valence-corrected chi connectivity index (χ2v) is 9.21. The van der Waals surface area contributed by atoms with E-state index in [9.17, 15) is 14.0 Å². The van der Waals surface area contributed by atoms with Gasteiger partial charge in [0.1, 0.15) is 24.7 Å². The van der Waals surface area contributed by atoms with Crippen molar-refractivity contribution in [2.24, 2.45) is 0 Å². The second kappa shape index (κ2) is 10.7. The third-order valence-electron chi connectivity index (χ3n) is 5.98. The van der Waals surface area contributed by atoms with Gasteiger partial charge in [-0.05, 0) is 66.2 Å². The lowest BCUT2D eigenvalue weighted by Crippen LogP contribution is -2.48. The molecule has 0 radical (unpaired) electrons. The van der Waals surface area contributed by atoms with E-state index in [0.717, 1.165) is 17.5 Å². The quantitative estimate of drug-likeness (QED) is 0.427. The molecule has 0 bridgehead atoms. The van der Waals surface area contributed by atoms with Gasteiger partial charge in [-0.1, -0.05) is 24.3 Å². The molecule has 0 aliphatic carbocycles. The average Bonchev–Trinajstić information content (AvgIpc) is 3.32. The van der Waals surface area contributed by atoms with E-state index in [1.54, 1.807) is 40.5 Å². The molecule has 7 heteroatoms. The molecule has 3 aromatic rings. The normalized spacial score (nSPS) is 14.9. The average molecular weight is 479 g/mol. The van der Waals surface area contributed by atoms with Gasteiger partial charge in [-0.3, -0.25) is 9.59 Å². The van der Waals surface area contributed by atoms with Crippen LogP contribution in [0.2, 0.25) is 0 Å². The van der Waals surface area contributed by atoms with Gasteiger partial charge in [0.25, 0.3) is 5.91 Å². The first-order chi connectivity index (χ1) is 16.5. The van der Waals surface area contributed by atoms with Crippen LogP contribution in [0.15, 0.2) is 72.6 Å². The summed E-state index contributed by atoms with van der Waals surface area (Å²) < 4.78 is 19.2. The largest absolute Gasteiger partial charge is 0.491 e. The molecule has 0 N–H and O–H groups in total. The van der Waals surface area contributed by atoms with Crippen molar-refractivity contribution >= 4 is 23.2 Å². The number of benzene rings is 2. The molecule has 176 valence electrons. The monoisotopic (exact) mass is 478 g/mol. The lowest BCUT2D eigenvalue weighted by atomic mass is 10.00. The number of amides is 2. The van der Waals surface area contributed by atoms with Gasteiger partial charge in [0.05, 0.1) is 6.04 Å². The van der Waals surface area contributed by atoms with Crippen LogP contribution in [0.5, 0.6) is 5.75 Å². The maximum atomic E-state index is 13.5. The molecule has 2 aromatic carbocycles. The van der Waals surface area contributed by atoms with Crippen molar-refractivity contribution < 1.29 is 18.7 Å². The molecule has 1 aromatic heterocycles. The number of halogens is 1. The van der Waals surface area contributed by atoms with E-state index in [4.69, 9.17) is 4.74 Å². The van der Waals surface area contributed by atoms with Gasteiger partial charge in [-0.15, -0.1) is 17.9 Å². The highest BCUT2D eigenvalue weighted by Crippen LogP contribution is 2.34. The molecular weight excluding hydrogens is 451 g/mol. The number of carbonyl (C=O) groups excluding carboxylic acids is 2. The van der Waals surface area contributed by atoms with Crippen LogP contribution in [-0.4, -0.2) is 47.9 Å². The van der Waals surface area contributed by atoms with Crippen LogP contribution in [0.25, 0.3) is 0 Å². The Balaban J connectivity index is 1.53. The molecule has 1 aliphatic rings. The maximum absolute atomic E-state index is 13.5. The van der Waals surface area contributed by atoms with Gasteiger partial charge >= 0.3 is 0 Å². The molecule has 2 heterocycles. The zero-order chi connectivity index (χ0) is 24.1. The molecule has 5 nitrogen and oxygen atoms in total. The van der Waals surface area contributed by atoms with Gasteiger partial charge in [0.15, 0.2) is 0 Å². The van der Waals surface area contributed by atoms with Crippen molar-refractivity contribution in [1.82, 2.24) is 9.80 Å². The summed E-state index contributed by atoms with van der Waals surface area (Å²) in [6.45, 7) is 6.65. The Kier molecular flexibility index (Phi) is 7.43. The molecule has 0 saturated heterocycles. The van der Waals surface area contributed by atoms with Crippen LogP contribution >= 0.6 is 11.3 Å². The molecule has 2 amide bonds. The Bertz CT molecular complexity index is 1170. The number of ether oxygens (including phenoxy) is 1. The summed E-state index contributed by atoms with van der Waals surface area (Å²) in [7, 11) is 0.